The van der Waals surface area contributed by atoms with Crippen molar-refractivity contribution in [2.45, 2.75) is 58.7 Å². The molecule has 1 saturated carbocycles. The Kier molecular flexibility index (Phi) is 4.13. The van der Waals surface area contributed by atoms with Gasteiger partial charge in [-0.15, -0.1) is 0 Å². The first kappa shape index (κ1) is 14.1. The lowest BCUT2D eigenvalue weighted by Crippen LogP contribution is -2.56. The van der Waals surface area contributed by atoms with Crippen LogP contribution in [0.1, 0.15) is 42.9 Å². The summed E-state index contributed by atoms with van der Waals surface area (Å²) in [5.74, 6) is 0.952. The summed E-state index contributed by atoms with van der Waals surface area (Å²) in [6.45, 7) is 10.4. The first-order valence-corrected chi connectivity index (χ1v) is 8.21. The molecule has 0 amide bonds. The quantitative estimate of drug-likeness (QED) is 0.905. The average Bonchev–Trinajstić information content (AvgIpc) is 3.27. The van der Waals surface area contributed by atoms with E-state index in [1.54, 1.807) is 5.56 Å². The lowest BCUT2D eigenvalue weighted by atomic mass is 9.98. The number of nitrogens with one attached hydrogen (secondary N) is 1. The number of hydrogen-bond acceptors (Lipinski definition) is 2. The molecule has 2 unspecified atom stereocenters. The fourth-order valence-corrected chi connectivity index (χ4v) is 3.59. The van der Waals surface area contributed by atoms with E-state index in [0.29, 0.717) is 6.04 Å². The van der Waals surface area contributed by atoms with Gasteiger partial charge in [0.1, 0.15) is 0 Å². The maximum atomic E-state index is 3.79. The van der Waals surface area contributed by atoms with Crippen molar-refractivity contribution >= 4 is 0 Å². The Bertz CT molecular complexity index is 444. The molecule has 1 aliphatic carbocycles. The molecule has 0 aromatic heterocycles. The van der Waals surface area contributed by atoms with Crippen molar-refractivity contribution in [3.05, 3.63) is 34.9 Å². The lowest BCUT2D eigenvalue weighted by molar-refractivity contribution is 0.111. The van der Waals surface area contributed by atoms with Gasteiger partial charge in [0.05, 0.1) is 0 Å². The Balaban J connectivity index is 1.75. The minimum Gasteiger partial charge on any atom is -0.311 e. The molecule has 0 bridgehead atoms. The zero-order valence-electron chi connectivity index (χ0n) is 13.2. The summed E-state index contributed by atoms with van der Waals surface area (Å²) in [5, 5.41) is 3.79. The van der Waals surface area contributed by atoms with Crippen LogP contribution >= 0.6 is 0 Å². The molecule has 1 heterocycles. The van der Waals surface area contributed by atoms with E-state index < -0.39 is 0 Å². The monoisotopic (exact) mass is 272 g/mol. The van der Waals surface area contributed by atoms with Crippen LogP contribution in [0.15, 0.2) is 18.2 Å². The van der Waals surface area contributed by atoms with Crippen LogP contribution in [-0.2, 0) is 6.54 Å². The van der Waals surface area contributed by atoms with E-state index in [4.69, 9.17) is 0 Å². The molecular formula is C18H28N2. The summed E-state index contributed by atoms with van der Waals surface area (Å²) in [5.41, 5.74) is 4.44. The first-order valence-electron chi connectivity index (χ1n) is 8.21. The van der Waals surface area contributed by atoms with Crippen LogP contribution in [-0.4, -0.2) is 30.1 Å². The van der Waals surface area contributed by atoms with Crippen molar-refractivity contribution < 1.29 is 0 Å². The van der Waals surface area contributed by atoms with Crippen molar-refractivity contribution in [2.75, 3.05) is 13.1 Å². The van der Waals surface area contributed by atoms with Gasteiger partial charge in [-0.2, -0.15) is 0 Å². The van der Waals surface area contributed by atoms with Crippen LogP contribution in [0.4, 0.5) is 0 Å². The van der Waals surface area contributed by atoms with Crippen molar-refractivity contribution in [3.63, 3.8) is 0 Å². The van der Waals surface area contributed by atoms with Crippen molar-refractivity contribution in [2.24, 2.45) is 5.92 Å². The topological polar surface area (TPSA) is 15.3 Å². The summed E-state index contributed by atoms with van der Waals surface area (Å²) in [6, 6.07) is 8.12. The Hall–Kier alpha value is -0.860. The molecule has 2 nitrogen and oxygen atoms in total. The highest BCUT2D eigenvalue weighted by molar-refractivity contribution is 5.33. The summed E-state index contributed by atoms with van der Waals surface area (Å²) in [4.78, 5) is 2.73. The predicted octanol–water partition coefficient (Wildman–Crippen LogP) is 3.27. The van der Waals surface area contributed by atoms with E-state index in [2.05, 4.69) is 49.2 Å². The van der Waals surface area contributed by atoms with Gasteiger partial charge in [0.2, 0.25) is 0 Å². The summed E-state index contributed by atoms with van der Waals surface area (Å²) >= 11 is 0. The molecule has 1 aromatic carbocycles. The Morgan fingerprint density at radius 3 is 2.50 bits per heavy atom. The second-order valence-electron chi connectivity index (χ2n) is 6.71. The van der Waals surface area contributed by atoms with E-state index >= 15 is 0 Å². The summed E-state index contributed by atoms with van der Waals surface area (Å²) in [6.07, 6.45) is 4.12. The molecular weight excluding hydrogens is 244 g/mol. The first-order chi connectivity index (χ1) is 9.69. The van der Waals surface area contributed by atoms with Gasteiger partial charge in [-0.1, -0.05) is 25.1 Å². The largest absolute Gasteiger partial charge is 0.311 e. The molecule has 1 aliphatic heterocycles. The number of nitrogens with zero attached hydrogens (tertiary/aromatic N) is 1. The maximum absolute atomic E-state index is 3.79. The lowest BCUT2D eigenvalue weighted by Gasteiger charge is -2.41. The third-order valence-corrected chi connectivity index (χ3v) is 5.23. The summed E-state index contributed by atoms with van der Waals surface area (Å²) in [7, 11) is 0. The number of rotatable bonds is 4. The Morgan fingerprint density at radius 2 is 1.90 bits per heavy atom. The van der Waals surface area contributed by atoms with Crippen molar-refractivity contribution in [3.8, 4) is 0 Å². The molecule has 0 radical (unpaired) electrons. The number of hydrogen-bond donors (Lipinski definition) is 1. The minimum absolute atomic E-state index is 0.698. The van der Waals surface area contributed by atoms with E-state index in [0.717, 1.165) is 18.5 Å². The van der Waals surface area contributed by atoms with Gasteiger partial charge in [-0.25, -0.2) is 0 Å². The molecule has 2 atom stereocenters. The minimum atomic E-state index is 0.698. The van der Waals surface area contributed by atoms with E-state index in [-0.39, 0.29) is 0 Å². The predicted molar refractivity (Wildman–Crippen MR) is 84.9 cm³/mol. The van der Waals surface area contributed by atoms with Gasteiger partial charge in [-0.05, 0) is 55.7 Å². The fourth-order valence-electron chi connectivity index (χ4n) is 3.59. The molecule has 2 fully saturated rings. The van der Waals surface area contributed by atoms with Gasteiger partial charge >= 0.3 is 0 Å². The smallest absolute Gasteiger partial charge is 0.0243 e. The number of piperazine rings is 1. The van der Waals surface area contributed by atoms with Gasteiger partial charge < -0.3 is 5.32 Å². The third kappa shape index (κ3) is 2.91. The SMILES string of the molecule is CCC1CNC(C2CC2)CN1Cc1c(C)cccc1C. The van der Waals surface area contributed by atoms with Crippen LogP contribution in [0.5, 0.6) is 0 Å². The molecule has 1 aromatic rings. The van der Waals surface area contributed by atoms with Gasteiger partial charge in [0.25, 0.3) is 0 Å². The van der Waals surface area contributed by atoms with Crippen LogP contribution in [0.2, 0.25) is 0 Å². The molecule has 0 spiro atoms. The van der Waals surface area contributed by atoms with E-state index in [1.807, 2.05) is 0 Å². The van der Waals surface area contributed by atoms with Crippen LogP contribution in [0, 0.1) is 19.8 Å². The van der Waals surface area contributed by atoms with Crippen molar-refractivity contribution in [1.82, 2.24) is 10.2 Å². The van der Waals surface area contributed by atoms with E-state index in [1.165, 1.54) is 43.5 Å². The molecule has 1 saturated heterocycles. The highest BCUT2D eigenvalue weighted by Gasteiger charge is 2.36. The van der Waals surface area contributed by atoms with Gasteiger partial charge in [0, 0.05) is 31.7 Å². The van der Waals surface area contributed by atoms with Crippen molar-refractivity contribution in [1.29, 1.82) is 0 Å². The zero-order valence-corrected chi connectivity index (χ0v) is 13.2. The normalized spacial score (nSPS) is 27.8. The fraction of sp³-hybridized carbons (Fsp3) is 0.667. The molecule has 1 N–H and O–H groups in total. The summed E-state index contributed by atoms with van der Waals surface area (Å²) < 4.78 is 0. The van der Waals surface area contributed by atoms with Crippen LogP contribution in [0.3, 0.4) is 0 Å². The standard InChI is InChI=1S/C18H28N2/c1-4-16-10-19-18(15-8-9-15)12-20(16)11-17-13(2)6-5-7-14(17)3/h5-7,15-16,18-19H,4,8-12H2,1-3H3. The third-order valence-electron chi connectivity index (χ3n) is 5.23. The number of aryl methyl sites for hydroxylation is 2. The molecule has 110 valence electrons. The average molecular weight is 272 g/mol. The van der Waals surface area contributed by atoms with E-state index in [9.17, 15) is 0 Å². The molecule has 2 aliphatic rings. The Morgan fingerprint density at radius 1 is 1.20 bits per heavy atom. The highest BCUT2D eigenvalue weighted by Crippen LogP contribution is 2.35. The number of benzene rings is 1. The van der Waals surface area contributed by atoms with Crippen LogP contribution in [0.25, 0.3) is 0 Å². The highest BCUT2D eigenvalue weighted by atomic mass is 15.2. The van der Waals surface area contributed by atoms with Gasteiger partial charge in [-0.3, -0.25) is 4.90 Å². The molecule has 2 heteroatoms. The molecule has 3 rings (SSSR count). The second kappa shape index (κ2) is 5.87. The molecule has 20 heavy (non-hydrogen) atoms. The Labute approximate surface area is 123 Å². The second-order valence-corrected chi connectivity index (χ2v) is 6.71. The zero-order chi connectivity index (χ0) is 14.1. The maximum Gasteiger partial charge on any atom is 0.0243 e. The van der Waals surface area contributed by atoms with Crippen LogP contribution < -0.4 is 5.32 Å². The van der Waals surface area contributed by atoms with Gasteiger partial charge in [0.15, 0.2) is 0 Å².